The zero-order valence-electron chi connectivity index (χ0n) is 10.5. The van der Waals surface area contributed by atoms with Gasteiger partial charge in [0.1, 0.15) is 5.75 Å². The first-order chi connectivity index (χ1) is 8.33. The number of hydrogen-bond acceptors (Lipinski definition) is 2. The van der Waals surface area contributed by atoms with Crippen molar-refractivity contribution >= 4 is 0 Å². The van der Waals surface area contributed by atoms with Crippen LogP contribution in [0.5, 0.6) is 5.75 Å². The Morgan fingerprint density at radius 1 is 1.12 bits per heavy atom. The van der Waals surface area contributed by atoms with Gasteiger partial charge in [-0.25, -0.2) is 0 Å². The minimum atomic E-state index is 0.499. The molecule has 1 aliphatic carbocycles. The largest absolute Gasteiger partial charge is 0.490 e. The molecule has 2 nitrogen and oxygen atoms in total. The molecule has 2 fully saturated rings. The van der Waals surface area contributed by atoms with Crippen LogP contribution < -0.4 is 10.1 Å². The smallest absolute Gasteiger partial charge is 0.119 e. The van der Waals surface area contributed by atoms with Crippen molar-refractivity contribution < 1.29 is 4.74 Å². The molecular weight excluding hydrogens is 210 g/mol. The van der Waals surface area contributed by atoms with Gasteiger partial charge in [0.05, 0.1) is 6.10 Å². The Bertz CT molecular complexity index is 369. The average molecular weight is 231 g/mol. The molecule has 0 spiro atoms. The van der Waals surface area contributed by atoms with E-state index >= 15 is 0 Å². The summed E-state index contributed by atoms with van der Waals surface area (Å²) in [5.74, 6) is 2.49. The minimum absolute atomic E-state index is 0.499. The lowest BCUT2D eigenvalue weighted by atomic mass is 9.82. The summed E-state index contributed by atoms with van der Waals surface area (Å²) in [4.78, 5) is 0. The van der Waals surface area contributed by atoms with E-state index in [2.05, 4.69) is 36.5 Å². The average Bonchev–Trinajstić information content (AvgIpc) is 3.15. The molecule has 2 heteroatoms. The maximum Gasteiger partial charge on any atom is 0.119 e. The predicted molar refractivity (Wildman–Crippen MR) is 69.5 cm³/mol. The van der Waals surface area contributed by atoms with Gasteiger partial charge in [0.15, 0.2) is 0 Å². The SMILES string of the molecule is CC1CNCCC1c1ccc(OC2CC2)cc1. The Kier molecular flexibility index (Phi) is 3.06. The van der Waals surface area contributed by atoms with E-state index in [1.165, 1.54) is 24.8 Å². The summed E-state index contributed by atoms with van der Waals surface area (Å²) >= 11 is 0. The van der Waals surface area contributed by atoms with Crippen LogP contribution in [0.4, 0.5) is 0 Å². The van der Waals surface area contributed by atoms with Gasteiger partial charge >= 0.3 is 0 Å². The molecule has 0 aromatic heterocycles. The van der Waals surface area contributed by atoms with Crippen LogP contribution >= 0.6 is 0 Å². The van der Waals surface area contributed by atoms with Crippen LogP contribution in [-0.2, 0) is 0 Å². The van der Waals surface area contributed by atoms with Crippen molar-refractivity contribution in [3.63, 3.8) is 0 Å². The second kappa shape index (κ2) is 4.69. The van der Waals surface area contributed by atoms with E-state index in [9.17, 15) is 0 Å². The van der Waals surface area contributed by atoms with Crippen LogP contribution in [0, 0.1) is 5.92 Å². The molecule has 92 valence electrons. The van der Waals surface area contributed by atoms with Crippen LogP contribution in [0.3, 0.4) is 0 Å². The Labute approximate surface area is 103 Å². The van der Waals surface area contributed by atoms with Gasteiger partial charge in [-0.05, 0) is 61.9 Å². The van der Waals surface area contributed by atoms with Crippen LogP contribution in [-0.4, -0.2) is 19.2 Å². The highest BCUT2D eigenvalue weighted by atomic mass is 16.5. The summed E-state index contributed by atoms with van der Waals surface area (Å²) < 4.78 is 5.78. The molecule has 1 aliphatic heterocycles. The first-order valence-corrected chi connectivity index (χ1v) is 6.80. The standard InChI is InChI=1S/C15H21NO/c1-11-10-16-9-8-15(11)12-2-4-13(5-3-12)17-14-6-7-14/h2-5,11,14-16H,6-10H2,1H3. The van der Waals surface area contributed by atoms with Crippen LogP contribution in [0.2, 0.25) is 0 Å². The fourth-order valence-electron chi connectivity index (χ4n) is 2.68. The van der Waals surface area contributed by atoms with Gasteiger partial charge in [-0.3, -0.25) is 0 Å². The maximum absolute atomic E-state index is 5.78. The van der Waals surface area contributed by atoms with Gasteiger partial charge in [0, 0.05) is 0 Å². The van der Waals surface area contributed by atoms with Crippen molar-refractivity contribution in [2.75, 3.05) is 13.1 Å². The normalized spacial score (nSPS) is 29.0. The first-order valence-electron chi connectivity index (χ1n) is 6.80. The number of ether oxygens (including phenoxy) is 1. The molecule has 0 radical (unpaired) electrons. The van der Waals surface area contributed by atoms with E-state index in [-0.39, 0.29) is 0 Å². The van der Waals surface area contributed by atoms with Crippen LogP contribution in [0.15, 0.2) is 24.3 Å². The van der Waals surface area contributed by atoms with Gasteiger partial charge in [-0.2, -0.15) is 0 Å². The summed E-state index contributed by atoms with van der Waals surface area (Å²) in [7, 11) is 0. The highest BCUT2D eigenvalue weighted by Gasteiger charge is 2.24. The van der Waals surface area contributed by atoms with E-state index in [0.717, 1.165) is 24.8 Å². The third kappa shape index (κ3) is 2.63. The zero-order chi connectivity index (χ0) is 11.7. The Hall–Kier alpha value is -1.02. The van der Waals surface area contributed by atoms with E-state index in [0.29, 0.717) is 12.0 Å². The van der Waals surface area contributed by atoms with Gasteiger partial charge in [0.2, 0.25) is 0 Å². The topological polar surface area (TPSA) is 21.3 Å². The van der Waals surface area contributed by atoms with E-state index in [4.69, 9.17) is 4.74 Å². The van der Waals surface area contributed by atoms with Crippen molar-refractivity contribution in [2.24, 2.45) is 5.92 Å². The van der Waals surface area contributed by atoms with E-state index < -0.39 is 0 Å². The van der Waals surface area contributed by atoms with Gasteiger partial charge in [0.25, 0.3) is 0 Å². The van der Waals surface area contributed by atoms with Gasteiger partial charge in [-0.15, -0.1) is 0 Å². The van der Waals surface area contributed by atoms with Crippen molar-refractivity contribution in [3.05, 3.63) is 29.8 Å². The van der Waals surface area contributed by atoms with Crippen molar-refractivity contribution in [1.82, 2.24) is 5.32 Å². The second-order valence-electron chi connectivity index (χ2n) is 5.46. The molecule has 0 amide bonds. The first kappa shape index (κ1) is 11.1. The van der Waals surface area contributed by atoms with Gasteiger partial charge in [-0.1, -0.05) is 19.1 Å². The van der Waals surface area contributed by atoms with Crippen molar-refractivity contribution in [1.29, 1.82) is 0 Å². The lowest BCUT2D eigenvalue weighted by Gasteiger charge is -2.30. The molecule has 2 atom stereocenters. The summed E-state index contributed by atoms with van der Waals surface area (Å²) in [5.41, 5.74) is 1.47. The number of piperidine rings is 1. The monoisotopic (exact) mass is 231 g/mol. The molecular formula is C15H21NO. The van der Waals surface area contributed by atoms with Crippen molar-refractivity contribution in [2.45, 2.75) is 38.2 Å². The molecule has 0 bridgehead atoms. The molecule has 1 saturated heterocycles. The number of benzene rings is 1. The molecule has 2 unspecified atom stereocenters. The molecule has 1 heterocycles. The highest BCUT2D eigenvalue weighted by Crippen LogP contribution is 2.32. The highest BCUT2D eigenvalue weighted by molar-refractivity contribution is 5.30. The molecule has 2 aliphatic rings. The Morgan fingerprint density at radius 2 is 1.88 bits per heavy atom. The summed E-state index contributed by atoms with van der Waals surface area (Å²) in [6.45, 7) is 4.63. The second-order valence-corrected chi connectivity index (χ2v) is 5.46. The zero-order valence-corrected chi connectivity index (χ0v) is 10.5. The third-order valence-electron chi connectivity index (χ3n) is 3.92. The fraction of sp³-hybridized carbons (Fsp3) is 0.600. The molecule has 1 aromatic rings. The predicted octanol–water partition coefficient (Wildman–Crippen LogP) is 2.94. The van der Waals surface area contributed by atoms with E-state index in [1.807, 2.05) is 0 Å². The Morgan fingerprint density at radius 3 is 2.53 bits per heavy atom. The fourth-order valence-corrected chi connectivity index (χ4v) is 2.68. The Balaban J connectivity index is 1.69. The molecule has 1 aromatic carbocycles. The molecule has 17 heavy (non-hydrogen) atoms. The molecule has 3 rings (SSSR count). The summed E-state index contributed by atoms with van der Waals surface area (Å²) in [6, 6.07) is 8.79. The lowest BCUT2D eigenvalue weighted by Crippen LogP contribution is -2.33. The number of rotatable bonds is 3. The lowest BCUT2D eigenvalue weighted by molar-refractivity contribution is 0.302. The third-order valence-corrected chi connectivity index (χ3v) is 3.92. The van der Waals surface area contributed by atoms with E-state index in [1.54, 1.807) is 0 Å². The van der Waals surface area contributed by atoms with Gasteiger partial charge < -0.3 is 10.1 Å². The van der Waals surface area contributed by atoms with Crippen molar-refractivity contribution in [3.8, 4) is 5.75 Å². The van der Waals surface area contributed by atoms with Crippen LogP contribution in [0.1, 0.15) is 37.7 Å². The minimum Gasteiger partial charge on any atom is -0.490 e. The molecule has 1 N–H and O–H groups in total. The number of nitrogens with one attached hydrogen (secondary N) is 1. The molecule has 1 saturated carbocycles. The number of hydrogen-bond donors (Lipinski definition) is 1. The summed E-state index contributed by atoms with van der Waals surface area (Å²) in [5, 5.41) is 3.46. The van der Waals surface area contributed by atoms with Crippen LogP contribution in [0.25, 0.3) is 0 Å². The quantitative estimate of drug-likeness (QED) is 0.863. The summed E-state index contributed by atoms with van der Waals surface area (Å²) in [6.07, 6.45) is 4.21. The maximum atomic E-state index is 5.78.